The van der Waals surface area contributed by atoms with Crippen LogP contribution >= 0.6 is 23.1 Å². The van der Waals surface area contributed by atoms with Crippen molar-refractivity contribution in [2.24, 2.45) is 0 Å². The van der Waals surface area contributed by atoms with Crippen LogP contribution in [-0.4, -0.2) is 35.5 Å². The second kappa shape index (κ2) is 9.89. The number of amides is 1. The highest BCUT2D eigenvalue weighted by atomic mass is 32.2. The van der Waals surface area contributed by atoms with Gasteiger partial charge < -0.3 is 4.74 Å². The highest BCUT2D eigenvalue weighted by Crippen LogP contribution is 2.33. The van der Waals surface area contributed by atoms with Crippen LogP contribution in [0.5, 0.6) is 0 Å². The van der Waals surface area contributed by atoms with E-state index in [0.29, 0.717) is 23.8 Å². The maximum Gasteiger partial charge on any atom is 0.315 e. The van der Waals surface area contributed by atoms with E-state index in [9.17, 15) is 9.59 Å². The summed E-state index contributed by atoms with van der Waals surface area (Å²) in [6.07, 6.45) is 0.336. The van der Waals surface area contributed by atoms with E-state index in [4.69, 9.17) is 4.98 Å². The summed E-state index contributed by atoms with van der Waals surface area (Å²) in [6, 6.07) is 14.1. The fourth-order valence-corrected chi connectivity index (χ4v) is 4.66. The van der Waals surface area contributed by atoms with Crippen molar-refractivity contribution >= 4 is 50.3 Å². The molecule has 3 aromatic rings. The molecule has 0 bridgehead atoms. The van der Waals surface area contributed by atoms with E-state index in [0.717, 1.165) is 21.3 Å². The first-order chi connectivity index (χ1) is 14.0. The topological polar surface area (TPSA) is 59.5 Å². The summed E-state index contributed by atoms with van der Waals surface area (Å²) in [5.41, 5.74) is 4.34. The van der Waals surface area contributed by atoms with Gasteiger partial charge in [-0.05, 0) is 36.6 Å². The number of benzene rings is 2. The first-order valence-corrected chi connectivity index (χ1v) is 11.3. The van der Waals surface area contributed by atoms with E-state index >= 15 is 0 Å². The lowest BCUT2D eigenvalue weighted by atomic mass is 10.1. The van der Waals surface area contributed by atoms with Gasteiger partial charge in [0.25, 0.3) is 0 Å². The molecule has 0 unspecified atom stereocenters. The molecular weight excluding hydrogens is 404 g/mol. The van der Waals surface area contributed by atoms with Crippen molar-refractivity contribution in [3.8, 4) is 0 Å². The van der Waals surface area contributed by atoms with Gasteiger partial charge in [0.1, 0.15) is 0 Å². The van der Waals surface area contributed by atoms with E-state index in [-0.39, 0.29) is 17.6 Å². The SMILES string of the molecule is COC(=O)CSCCC(=O)N(Cc1ccccc1)c1nc2c(C)c(C)ccc2s1. The lowest BCUT2D eigenvalue weighted by Gasteiger charge is -2.20. The van der Waals surface area contributed by atoms with Gasteiger partial charge in [-0.15, -0.1) is 11.8 Å². The molecule has 0 radical (unpaired) electrons. The highest BCUT2D eigenvalue weighted by Gasteiger charge is 2.21. The number of thioether (sulfide) groups is 1. The Balaban J connectivity index is 1.82. The summed E-state index contributed by atoms with van der Waals surface area (Å²) < 4.78 is 5.72. The van der Waals surface area contributed by atoms with Gasteiger partial charge in [0.15, 0.2) is 5.13 Å². The van der Waals surface area contributed by atoms with Crippen LogP contribution in [0.15, 0.2) is 42.5 Å². The summed E-state index contributed by atoms with van der Waals surface area (Å²) in [5, 5.41) is 0.709. The van der Waals surface area contributed by atoms with Gasteiger partial charge in [-0.1, -0.05) is 47.7 Å². The number of fused-ring (bicyclic) bond motifs is 1. The summed E-state index contributed by atoms with van der Waals surface area (Å²) in [5.74, 6) is 0.532. The Labute approximate surface area is 179 Å². The number of carbonyl (C=O) groups excluding carboxylic acids is 2. The van der Waals surface area contributed by atoms with Crippen LogP contribution < -0.4 is 4.90 Å². The predicted molar refractivity (Wildman–Crippen MR) is 121 cm³/mol. The Morgan fingerprint density at radius 1 is 1.14 bits per heavy atom. The van der Waals surface area contributed by atoms with Crippen LogP contribution in [0, 0.1) is 13.8 Å². The summed E-state index contributed by atoms with van der Waals surface area (Å²) >= 11 is 2.94. The van der Waals surface area contributed by atoms with Crippen LogP contribution in [0.3, 0.4) is 0 Å². The molecule has 0 aliphatic heterocycles. The molecule has 1 aromatic heterocycles. The first kappa shape index (κ1) is 21.3. The predicted octanol–water partition coefficient (Wildman–Crippen LogP) is 4.74. The quantitative estimate of drug-likeness (QED) is 0.383. The average molecular weight is 429 g/mol. The number of methoxy groups -OCH3 is 1. The summed E-state index contributed by atoms with van der Waals surface area (Å²) in [4.78, 5) is 30.9. The maximum absolute atomic E-state index is 13.1. The number of nitrogens with zero attached hydrogens (tertiary/aromatic N) is 2. The molecule has 0 saturated carbocycles. The van der Waals surface area contributed by atoms with Crippen LogP contribution in [0.25, 0.3) is 10.2 Å². The van der Waals surface area contributed by atoms with E-state index in [1.165, 1.54) is 35.8 Å². The number of rotatable bonds is 8. The van der Waals surface area contributed by atoms with Crippen molar-refractivity contribution in [1.82, 2.24) is 4.98 Å². The molecule has 29 heavy (non-hydrogen) atoms. The van der Waals surface area contributed by atoms with Gasteiger partial charge in [0.05, 0.1) is 29.6 Å². The Bertz CT molecular complexity index is 1000. The minimum absolute atomic E-state index is 0.000324. The van der Waals surface area contributed by atoms with Crippen LogP contribution in [-0.2, 0) is 20.9 Å². The lowest BCUT2D eigenvalue weighted by molar-refractivity contribution is -0.137. The second-order valence-corrected chi connectivity index (χ2v) is 8.81. The third-order valence-electron chi connectivity index (χ3n) is 4.70. The van der Waals surface area contributed by atoms with Gasteiger partial charge in [-0.2, -0.15) is 0 Å². The minimum Gasteiger partial charge on any atom is -0.468 e. The fraction of sp³-hybridized carbons (Fsp3) is 0.318. The molecule has 0 N–H and O–H groups in total. The first-order valence-electron chi connectivity index (χ1n) is 9.35. The maximum atomic E-state index is 13.1. The van der Waals surface area contributed by atoms with Gasteiger partial charge in [-0.25, -0.2) is 4.98 Å². The standard InChI is InChI=1S/C22H24N2O3S2/c1-15-9-10-18-21(16(15)2)23-22(29-18)24(13-17-7-5-4-6-8-17)19(25)11-12-28-14-20(26)27-3/h4-10H,11-14H2,1-3H3. The molecule has 5 nitrogen and oxygen atoms in total. The number of hydrogen-bond acceptors (Lipinski definition) is 6. The molecule has 7 heteroatoms. The number of aryl methyl sites for hydroxylation is 2. The van der Waals surface area contributed by atoms with Gasteiger partial charge >= 0.3 is 5.97 Å². The normalized spacial score (nSPS) is 10.9. The number of carbonyl (C=O) groups is 2. The molecule has 1 amide bonds. The number of thiazole rings is 1. The van der Waals surface area contributed by atoms with Crippen molar-refractivity contribution in [3.63, 3.8) is 0 Å². The van der Waals surface area contributed by atoms with Gasteiger partial charge in [0, 0.05) is 12.2 Å². The van der Waals surface area contributed by atoms with Crippen LogP contribution in [0.4, 0.5) is 5.13 Å². The number of anilines is 1. The van der Waals surface area contributed by atoms with Crippen molar-refractivity contribution in [2.75, 3.05) is 23.5 Å². The van der Waals surface area contributed by atoms with E-state index in [1.807, 2.05) is 30.3 Å². The van der Waals surface area contributed by atoms with Gasteiger partial charge in [0.2, 0.25) is 5.91 Å². The number of aromatic nitrogens is 1. The van der Waals surface area contributed by atoms with Crippen LogP contribution in [0.2, 0.25) is 0 Å². The molecular formula is C22H24N2O3S2. The summed E-state index contributed by atoms with van der Waals surface area (Å²) in [6.45, 7) is 4.60. The second-order valence-electron chi connectivity index (χ2n) is 6.69. The molecule has 0 fully saturated rings. The smallest absolute Gasteiger partial charge is 0.315 e. The number of esters is 1. The average Bonchev–Trinajstić information content (AvgIpc) is 3.17. The van der Waals surface area contributed by atoms with E-state index in [1.54, 1.807) is 4.90 Å². The third kappa shape index (κ3) is 5.36. The van der Waals surface area contributed by atoms with E-state index < -0.39 is 0 Å². The van der Waals surface area contributed by atoms with Crippen molar-refractivity contribution < 1.29 is 14.3 Å². The zero-order valence-electron chi connectivity index (χ0n) is 16.8. The Hall–Kier alpha value is -2.38. The number of ether oxygens (including phenoxy) is 1. The molecule has 0 spiro atoms. The molecule has 2 aromatic carbocycles. The van der Waals surface area contributed by atoms with Crippen molar-refractivity contribution in [1.29, 1.82) is 0 Å². The molecule has 0 aliphatic carbocycles. The largest absolute Gasteiger partial charge is 0.468 e. The zero-order chi connectivity index (χ0) is 20.8. The number of hydrogen-bond donors (Lipinski definition) is 0. The Morgan fingerprint density at radius 3 is 2.62 bits per heavy atom. The Kier molecular flexibility index (Phi) is 7.28. The lowest BCUT2D eigenvalue weighted by Crippen LogP contribution is -2.30. The fourth-order valence-electron chi connectivity index (χ4n) is 2.87. The molecule has 3 rings (SSSR count). The highest BCUT2D eigenvalue weighted by molar-refractivity contribution is 7.99. The molecule has 1 heterocycles. The zero-order valence-corrected chi connectivity index (χ0v) is 18.4. The molecule has 0 atom stereocenters. The monoisotopic (exact) mass is 428 g/mol. The molecule has 152 valence electrons. The van der Waals surface area contributed by atoms with E-state index in [2.05, 4.69) is 30.7 Å². The van der Waals surface area contributed by atoms with Crippen molar-refractivity contribution in [2.45, 2.75) is 26.8 Å². The van der Waals surface area contributed by atoms with Gasteiger partial charge in [-0.3, -0.25) is 14.5 Å². The Morgan fingerprint density at radius 2 is 1.90 bits per heavy atom. The minimum atomic E-state index is -0.277. The van der Waals surface area contributed by atoms with Crippen molar-refractivity contribution in [3.05, 3.63) is 59.2 Å². The summed E-state index contributed by atoms with van der Waals surface area (Å²) in [7, 11) is 1.37. The third-order valence-corrected chi connectivity index (χ3v) is 6.67. The molecule has 0 aliphatic rings. The molecule has 0 saturated heterocycles. The van der Waals surface area contributed by atoms with Crippen LogP contribution in [0.1, 0.15) is 23.1 Å².